The van der Waals surface area contributed by atoms with Crippen molar-refractivity contribution in [1.29, 1.82) is 0 Å². The summed E-state index contributed by atoms with van der Waals surface area (Å²) in [7, 11) is 1.61. The highest BCUT2D eigenvalue weighted by Gasteiger charge is 2.23. The van der Waals surface area contributed by atoms with Crippen LogP contribution in [-0.4, -0.2) is 37.2 Å². The van der Waals surface area contributed by atoms with Crippen molar-refractivity contribution >= 4 is 21.8 Å². The molecule has 0 aliphatic heterocycles. The number of furan rings is 1. The number of carbonyl (C=O) groups is 1. The maximum Gasteiger partial charge on any atom is 0.263 e. The van der Waals surface area contributed by atoms with E-state index in [9.17, 15) is 4.79 Å². The van der Waals surface area contributed by atoms with Gasteiger partial charge in [-0.15, -0.1) is 0 Å². The van der Waals surface area contributed by atoms with E-state index in [1.807, 2.05) is 31.2 Å². The lowest BCUT2D eigenvalue weighted by Gasteiger charge is -2.25. The number of carbonyl (C=O) groups excluding carboxylic acids is 1. The highest BCUT2D eigenvalue weighted by Crippen LogP contribution is 2.27. The van der Waals surface area contributed by atoms with Crippen molar-refractivity contribution in [2.24, 2.45) is 0 Å². The largest absolute Gasteiger partial charge is 0.480 e. The first-order chi connectivity index (χ1) is 11.5. The zero-order valence-electron chi connectivity index (χ0n) is 14.1. The number of benzene rings is 1. The number of hydrogen-bond acceptors (Lipinski definition) is 4. The van der Waals surface area contributed by atoms with Gasteiger partial charge in [0.25, 0.3) is 5.91 Å². The van der Waals surface area contributed by atoms with Crippen molar-refractivity contribution in [3.05, 3.63) is 52.4 Å². The van der Waals surface area contributed by atoms with Gasteiger partial charge >= 0.3 is 0 Å². The van der Waals surface area contributed by atoms with Crippen LogP contribution >= 0.6 is 15.9 Å². The molecule has 0 aliphatic rings. The van der Waals surface area contributed by atoms with Crippen molar-refractivity contribution in [3.8, 4) is 5.75 Å². The summed E-state index contributed by atoms with van der Waals surface area (Å²) in [4.78, 5) is 14.4. The molecule has 2 rings (SSSR count). The Bertz CT molecular complexity index is 657. The normalized spacial score (nSPS) is 12.0. The minimum absolute atomic E-state index is 0.115. The molecule has 0 aliphatic carbocycles. The lowest BCUT2D eigenvalue weighted by atomic mass is 10.2. The van der Waals surface area contributed by atoms with Gasteiger partial charge in [0.1, 0.15) is 11.5 Å². The Labute approximate surface area is 150 Å². The lowest BCUT2D eigenvalue weighted by molar-refractivity contribution is -0.139. The molecule has 1 heterocycles. The van der Waals surface area contributed by atoms with Gasteiger partial charge in [-0.3, -0.25) is 4.79 Å². The zero-order chi connectivity index (χ0) is 17.5. The van der Waals surface area contributed by atoms with Crippen LogP contribution in [-0.2, 0) is 16.1 Å². The smallest absolute Gasteiger partial charge is 0.263 e. The van der Waals surface area contributed by atoms with E-state index in [-0.39, 0.29) is 5.91 Å². The van der Waals surface area contributed by atoms with Crippen molar-refractivity contribution in [3.63, 3.8) is 0 Å². The average Bonchev–Trinajstić information content (AvgIpc) is 3.06. The molecular formula is C18H22BrNO4. The van der Waals surface area contributed by atoms with E-state index in [1.165, 1.54) is 0 Å². The SMILES string of the molecule is COCCN(Cc1ccco1)C(=O)C(C)Oc1ccc(C)cc1Br. The Balaban J connectivity index is 2.06. The third kappa shape index (κ3) is 5.11. The summed E-state index contributed by atoms with van der Waals surface area (Å²) >= 11 is 3.47. The van der Waals surface area contributed by atoms with Crippen LogP contribution in [0.1, 0.15) is 18.2 Å². The van der Waals surface area contributed by atoms with Crippen LogP contribution in [0.3, 0.4) is 0 Å². The van der Waals surface area contributed by atoms with E-state index in [1.54, 1.807) is 31.3 Å². The molecule has 6 heteroatoms. The maximum absolute atomic E-state index is 12.7. The van der Waals surface area contributed by atoms with Gasteiger partial charge in [0, 0.05) is 13.7 Å². The fraction of sp³-hybridized carbons (Fsp3) is 0.389. The first kappa shape index (κ1) is 18.5. The monoisotopic (exact) mass is 395 g/mol. The second kappa shape index (κ2) is 8.89. The van der Waals surface area contributed by atoms with E-state index < -0.39 is 6.10 Å². The quantitative estimate of drug-likeness (QED) is 0.681. The molecule has 0 saturated heterocycles. The number of ether oxygens (including phenoxy) is 2. The third-order valence-corrected chi connectivity index (χ3v) is 4.16. The molecule has 24 heavy (non-hydrogen) atoms. The van der Waals surface area contributed by atoms with Gasteiger partial charge in [0.05, 0.1) is 23.9 Å². The topological polar surface area (TPSA) is 51.9 Å². The zero-order valence-corrected chi connectivity index (χ0v) is 15.7. The molecule has 1 unspecified atom stereocenters. The fourth-order valence-corrected chi connectivity index (χ4v) is 2.85. The van der Waals surface area contributed by atoms with Gasteiger partial charge in [0.15, 0.2) is 6.10 Å². The first-order valence-electron chi connectivity index (χ1n) is 7.74. The molecule has 0 spiro atoms. The van der Waals surface area contributed by atoms with Crippen LogP contribution in [0, 0.1) is 6.92 Å². The van der Waals surface area contributed by atoms with E-state index in [0.717, 1.165) is 15.8 Å². The number of hydrogen-bond donors (Lipinski definition) is 0. The molecule has 1 aromatic heterocycles. The van der Waals surface area contributed by atoms with Crippen molar-refractivity contribution in [2.75, 3.05) is 20.3 Å². The molecule has 0 radical (unpaired) electrons. The van der Waals surface area contributed by atoms with Gasteiger partial charge in [0.2, 0.25) is 0 Å². The number of nitrogens with zero attached hydrogens (tertiary/aromatic N) is 1. The molecular weight excluding hydrogens is 374 g/mol. The Kier molecular flexibility index (Phi) is 6.87. The van der Waals surface area contributed by atoms with E-state index >= 15 is 0 Å². The number of rotatable bonds is 8. The first-order valence-corrected chi connectivity index (χ1v) is 8.53. The summed E-state index contributed by atoms with van der Waals surface area (Å²) in [6.07, 6.45) is 0.980. The summed E-state index contributed by atoms with van der Waals surface area (Å²) < 4.78 is 17.1. The van der Waals surface area contributed by atoms with Gasteiger partial charge in [-0.25, -0.2) is 0 Å². The third-order valence-electron chi connectivity index (χ3n) is 3.54. The number of methoxy groups -OCH3 is 1. The second-order valence-electron chi connectivity index (χ2n) is 5.53. The van der Waals surface area contributed by atoms with Crippen LogP contribution in [0.15, 0.2) is 45.5 Å². The average molecular weight is 396 g/mol. The summed E-state index contributed by atoms with van der Waals surface area (Å²) in [6.45, 7) is 5.06. The summed E-state index contributed by atoms with van der Waals surface area (Å²) in [5.41, 5.74) is 1.12. The lowest BCUT2D eigenvalue weighted by Crippen LogP contribution is -2.41. The summed E-state index contributed by atoms with van der Waals surface area (Å²) in [5.74, 6) is 1.25. The van der Waals surface area contributed by atoms with E-state index in [4.69, 9.17) is 13.9 Å². The van der Waals surface area contributed by atoms with Crippen LogP contribution in [0.4, 0.5) is 0 Å². The van der Waals surface area contributed by atoms with Gasteiger partial charge in [-0.2, -0.15) is 0 Å². The number of aryl methyl sites for hydroxylation is 1. The summed E-state index contributed by atoms with van der Waals surface area (Å²) in [6, 6.07) is 9.41. The number of halogens is 1. The predicted octanol–water partition coefficient (Wildman–Crippen LogP) is 3.79. The standard InChI is InChI=1S/C18H22BrNO4/c1-13-6-7-17(16(19)11-13)24-14(2)18(21)20(8-10-22-3)12-15-5-4-9-23-15/h4-7,9,11,14H,8,10,12H2,1-3H3. The Morgan fingerprint density at radius 2 is 2.17 bits per heavy atom. The fourth-order valence-electron chi connectivity index (χ4n) is 2.26. The highest BCUT2D eigenvalue weighted by atomic mass is 79.9. The minimum atomic E-state index is -0.615. The molecule has 130 valence electrons. The van der Waals surface area contributed by atoms with Crippen molar-refractivity contribution in [1.82, 2.24) is 4.90 Å². The van der Waals surface area contributed by atoms with Gasteiger partial charge in [-0.05, 0) is 59.6 Å². The Morgan fingerprint density at radius 1 is 1.38 bits per heavy atom. The van der Waals surface area contributed by atoms with E-state index in [0.29, 0.717) is 25.4 Å². The molecule has 1 aromatic carbocycles. The Hall–Kier alpha value is -1.79. The van der Waals surface area contributed by atoms with Crippen molar-refractivity contribution in [2.45, 2.75) is 26.5 Å². The molecule has 0 saturated carbocycles. The highest BCUT2D eigenvalue weighted by molar-refractivity contribution is 9.10. The molecule has 5 nitrogen and oxygen atoms in total. The maximum atomic E-state index is 12.7. The van der Waals surface area contributed by atoms with Gasteiger partial charge < -0.3 is 18.8 Å². The van der Waals surface area contributed by atoms with Crippen LogP contribution in [0.5, 0.6) is 5.75 Å². The van der Waals surface area contributed by atoms with Crippen LogP contribution < -0.4 is 4.74 Å². The second-order valence-corrected chi connectivity index (χ2v) is 6.38. The molecule has 0 bridgehead atoms. The molecule has 1 atom stereocenters. The summed E-state index contributed by atoms with van der Waals surface area (Å²) in [5, 5.41) is 0. The molecule has 0 N–H and O–H groups in total. The molecule has 2 aromatic rings. The van der Waals surface area contributed by atoms with Crippen LogP contribution in [0.2, 0.25) is 0 Å². The van der Waals surface area contributed by atoms with Gasteiger partial charge in [-0.1, -0.05) is 6.07 Å². The number of amides is 1. The van der Waals surface area contributed by atoms with E-state index in [2.05, 4.69) is 15.9 Å². The predicted molar refractivity (Wildman–Crippen MR) is 95.0 cm³/mol. The Morgan fingerprint density at radius 3 is 2.79 bits per heavy atom. The molecule has 0 fully saturated rings. The van der Waals surface area contributed by atoms with Crippen molar-refractivity contribution < 1.29 is 18.7 Å². The molecule has 1 amide bonds. The van der Waals surface area contributed by atoms with Crippen LogP contribution in [0.25, 0.3) is 0 Å². The minimum Gasteiger partial charge on any atom is -0.480 e.